The van der Waals surface area contributed by atoms with Crippen molar-refractivity contribution in [3.63, 3.8) is 0 Å². The van der Waals surface area contributed by atoms with Crippen molar-refractivity contribution in [3.8, 4) is 11.3 Å². The van der Waals surface area contributed by atoms with Gasteiger partial charge in [0.05, 0.1) is 5.69 Å². The van der Waals surface area contributed by atoms with Crippen molar-refractivity contribution in [1.29, 1.82) is 0 Å². The van der Waals surface area contributed by atoms with E-state index in [9.17, 15) is 4.79 Å². The van der Waals surface area contributed by atoms with E-state index in [1.807, 2.05) is 54.6 Å². The van der Waals surface area contributed by atoms with Crippen molar-refractivity contribution in [3.05, 3.63) is 77.3 Å². The standard InChI is InChI=1S/C20H16ClN5O/c1-22-19(27)13-8-10-16(11-9-13)23-20-24-18-7-3-6-17(26(18)25-20)14-4-2-5-15(21)12-14/h2-12H,1H3,(H,22,27)(H,23,25). The summed E-state index contributed by atoms with van der Waals surface area (Å²) in [4.78, 5) is 16.1. The van der Waals surface area contributed by atoms with Crippen LogP contribution in [0.2, 0.25) is 5.02 Å². The number of carbonyl (C=O) groups is 1. The zero-order chi connectivity index (χ0) is 18.8. The third kappa shape index (κ3) is 3.47. The molecule has 2 aromatic heterocycles. The maximum atomic E-state index is 11.6. The Morgan fingerprint density at radius 1 is 1.04 bits per heavy atom. The van der Waals surface area contributed by atoms with Crippen LogP contribution in [0.4, 0.5) is 11.6 Å². The summed E-state index contributed by atoms with van der Waals surface area (Å²) in [5, 5.41) is 11.0. The Morgan fingerprint density at radius 3 is 2.56 bits per heavy atom. The predicted molar refractivity (Wildman–Crippen MR) is 107 cm³/mol. The van der Waals surface area contributed by atoms with Gasteiger partial charge in [0, 0.05) is 28.9 Å². The Balaban J connectivity index is 1.66. The largest absolute Gasteiger partial charge is 0.355 e. The third-order valence-corrected chi connectivity index (χ3v) is 4.35. The second kappa shape index (κ2) is 7.09. The molecule has 4 aromatic rings. The number of nitrogens with zero attached hydrogens (tertiary/aromatic N) is 3. The second-order valence-corrected chi connectivity index (χ2v) is 6.34. The first-order valence-corrected chi connectivity index (χ1v) is 8.73. The quantitative estimate of drug-likeness (QED) is 0.560. The third-order valence-electron chi connectivity index (χ3n) is 4.11. The lowest BCUT2D eigenvalue weighted by Gasteiger charge is -2.04. The topological polar surface area (TPSA) is 71.3 Å². The summed E-state index contributed by atoms with van der Waals surface area (Å²) in [7, 11) is 1.60. The van der Waals surface area contributed by atoms with Crippen molar-refractivity contribution in [2.45, 2.75) is 0 Å². The van der Waals surface area contributed by atoms with Crippen molar-refractivity contribution in [1.82, 2.24) is 19.9 Å². The number of aromatic nitrogens is 3. The highest BCUT2D eigenvalue weighted by atomic mass is 35.5. The van der Waals surface area contributed by atoms with Gasteiger partial charge in [-0.1, -0.05) is 29.8 Å². The lowest BCUT2D eigenvalue weighted by molar-refractivity contribution is 0.0963. The van der Waals surface area contributed by atoms with Crippen molar-refractivity contribution in [2.24, 2.45) is 0 Å². The van der Waals surface area contributed by atoms with Crippen LogP contribution in [0, 0.1) is 0 Å². The van der Waals surface area contributed by atoms with E-state index in [1.165, 1.54) is 0 Å². The van der Waals surface area contributed by atoms with Crippen LogP contribution in [-0.4, -0.2) is 27.6 Å². The highest BCUT2D eigenvalue weighted by Crippen LogP contribution is 2.24. The molecule has 2 N–H and O–H groups in total. The highest BCUT2D eigenvalue weighted by molar-refractivity contribution is 6.30. The van der Waals surface area contributed by atoms with Gasteiger partial charge in [0.25, 0.3) is 5.91 Å². The summed E-state index contributed by atoms with van der Waals surface area (Å²) in [5.74, 6) is 0.343. The molecule has 0 aliphatic heterocycles. The Hall–Kier alpha value is -3.38. The van der Waals surface area contributed by atoms with Crippen LogP contribution in [0.25, 0.3) is 16.9 Å². The van der Waals surface area contributed by atoms with E-state index in [0.29, 0.717) is 16.5 Å². The Morgan fingerprint density at radius 2 is 1.81 bits per heavy atom. The SMILES string of the molecule is CNC(=O)c1ccc(Nc2nc3cccc(-c4cccc(Cl)c4)n3n2)cc1. The minimum absolute atomic E-state index is 0.126. The fraction of sp³-hybridized carbons (Fsp3) is 0.0500. The number of rotatable bonds is 4. The summed E-state index contributed by atoms with van der Waals surface area (Å²) >= 11 is 6.12. The molecule has 0 saturated heterocycles. The molecule has 1 amide bonds. The molecule has 0 saturated carbocycles. The van der Waals surface area contributed by atoms with Gasteiger partial charge in [0.1, 0.15) is 0 Å². The number of carbonyl (C=O) groups excluding carboxylic acids is 1. The summed E-state index contributed by atoms with van der Waals surface area (Å²) < 4.78 is 1.77. The van der Waals surface area contributed by atoms with E-state index in [-0.39, 0.29) is 5.91 Å². The minimum atomic E-state index is -0.126. The minimum Gasteiger partial charge on any atom is -0.355 e. The number of pyridine rings is 1. The molecular formula is C20H16ClN5O. The molecule has 0 aliphatic carbocycles. The van der Waals surface area contributed by atoms with Crippen LogP contribution in [-0.2, 0) is 0 Å². The maximum absolute atomic E-state index is 11.6. The lowest BCUT2D eigenvalue weighted by Crippen LogP contribution is -2.17. The monoisotopic (exact) mass is 377 g/mol. The molecule has 27 heavy (non-hydrogen) atoms. The van der Waals surface area contributed by atoms with Gasteiger partial charge in [-0.3, -0.25) is 4.79 Å². The van der Waals surface area contributed by atoms with Crippen LogP contribution >= 0.6 is 11.6 Å². The average Bonchev–Trinajstić information content (AvgIpc) is 3.10. The number of halogens is 1. The van der Waals surface area contributed by atoms with Crippen molar-refractivity contribution < 1.29 is 4.79 Å². The van der Waals surface area contributed by atoms with Gasteiger partial charge >= 0.3 is 0 Å². The molecule has 0 fully saturated rings. The molecule has 0 bridgehead atoms. The molecule has 7 heteroatoms. The van der Waals surface area contributed by atoms with E-state index in [0.717, 1.165) is 22.6 Å². The number of hydrogen-bond donors (Lipinski definition) is 2. The number of anilines is 2. The van der Waals surface area contributed by atoms with E-state index in [1.54, 1.807) is 23.7 Å². The molecule has 0 radical (unpaired) electrons. The molecule has 0 spiro atoms. The van der Waals surface area contributed by atoms with Gasteiger partial charge in [-0.2, -0.15) is 4.98 Å². The van der Waals surface area contributed by atoms with Crippen LogP contribution in [0.3, 0.4) is 0 Å². The van der Waals surface area contributed by atoms with Gasteiger partial charge in [-0.15, -0.1) is 5.10 Å². The Bertz CT molecular complexity index is 1120. The van der Waals surface area contributed by atoms with Crippen LogP contribution < -0.4 is 10.6 Å². The molecule has 134 valence electrons. The summed E-state index contributed by atoms with van der Waals surface area (Å²) in [6.07, 6.45) is 0. The molecule has 6 nitrogen and oxygen atoms in total. The molecule has 0 aliphatic rings. The van der Waals surface area contributed by atoms with Crippen molar-refractivity contribution in [2.75, 3.05) is 12.4 Å². The molecule has 0 atom stereocenters. The second-order valence-electron chi connectivity index (χ2n) is 5.91. The highest BCUT2D eigenvalue weighted by Gasteiger charge is 2.10. The van der Waals surface area contributed by atoms with Gasteiger partial charge < -0.3 is 10.6 Å². The molecule has 2 aromatic carbocycles. The molecular weight excluding hydrogens is 362 g/mol. The first-order valence-electron chi connectivity index (χ1n) is 8.35. The maximum Gasteiger partial charge on any atom is 0.251 e. The average molecular weight is 378 g/mol. The molecule has 2 heterocycles. The zero-order valence-electron chi connectivity index (χ0n) is 14.5. The zero-order valence-corrected chi connectivity index (χ0v) is 15.2. The fourth-order valence-corrected chi connectivity index (χ4v) is 2.99. The number of amides is 1. The Labute approximate surface area is 160 Å². The number of fused-ring (bicyclic) bond motifs is 1. The van der Waals surface area contributed by atoms with Crippen LogP contribution in [0.15, 0.2) is 66.7 Å². The fourth-order valence-electron chi connectivity index (χ4n) is 2.80. The first kappa shape index (κ1) is 17.1. The first-order chi connectivity index (χ1) is 13.1. The van der Waals surface area contributed by atoms with Gasteiger partial charge in [-0.25, -0.2) is 4.52 Å². The summed E-state index contributed by atoms with van der Waals surface area (Å²) in [6.45, 7) is 0. The van der Waals surface area contributed by atoms with Gasteiger partial charge in [0.15, 0.2) is 5.65 Å². The van der Waals surface area contributed by atoms with Crippen molar-refractivity contribution >= 4 is 34.8 Å². The summed E-state index contributed by atoms with van der Waals surface area (Å²) in [5.41, 5.74) is 3.96. The summed E-state index contributed by atoms with van der Waals surface area (Å²) in [6, 6.07) is 20.5. The molecule has 0 unspecified atom stereocenters. The number of benzene rings is 2. The van der Waals surface area contributed by atoms with E-state index in [2.05, 4.69) is 20.7 Å². The van der Waals surface area contributed by atoms with Crippen LogP contribution in [0.1, 0.15) is 10.4 Å². The Kier molecular flexibility index (Phi) is 4.48. The van der Waals surface area contributed by atoms with E-state index < -0.39 is 0 Å². The van der Waals surface area contributed by atoms with Gasteiger partial charge in [-0.05, 0) is 48.5 Å². The predicted octanol–water partition coefficient (Wildman–Crippen LogP) is 4.15. The van der Waals surface area contributed by atoms with Gasteiger partial charge in [0.2, 0.25) is 5.95 Å². The van der Waals surface area contributed by atoms with E-state index in [4.69, 9.17) is 11.6 Å². The number of hydrogen-bond acceptors (Lipinski definition) is 4. The molecule has 4 rings (SSSR count). The normalized spacial score (nSPS) is 10.7. The number of nitrogens with one attached hydrogen (secondary N) is 2. The lowest BCUT2D eigenvalue weighted by atomic mass is 10.1. The smallest absolute Gasteiger partial charge is 0.251 e. The van der Waals surface area contributed by atoms with E-state index >= 15 is 0 Å². The van der Waals surface area contributed by atoms with Crippen LogP contribution in [0.5, 0.6) is 0 Å².